The quantitative estimate of drug-likeness (QED) is 0.588. The number of allylic oxidation sites excluding steroid dienone is 1. The number of amides is 2. The number of benzene rings is 1. The van der Waals surface area contributed by atoms with Crippen LogP contribution >= 0.6 is 23.2 Å². The van der Waals surface area contributed by atoms with Crippen molar-refractivity contribution in [2.45, 2.75) is 38.5 Å². The third kappa shape index (κ3) is 5.02. The molecule has 0 radical (unpaired) electrons. The zero-order valence-electron chi connectivity index (χ0n) is 17.5. The fraction of sp³-hybridized carbons (Fsp3) is 0.318. The summed E-state index contributed by atoms with van der Waals surface area (Å²) < 4.78 is 5.73. The first-order chi connectivity index (χ1) is 15.9. The van der Waals surface area contributed by atoms with Crippen molar-refractivity contribution in [2.24, 2.45) is 11.0 Å². The summed E-state index contributed by atoms with van der Waals surface area (Å²) in [6.07, 6.45) is 7.74. The Hall–Kier alpha value is -3.35. The Morgan fingerprint density at radius 1 is 1.27 bits per heavy atom. The zero-order chi connectivity index (χ0) is 23.5. The Bertz CT molecular complexity index is 1160. The minimum atomic E-state index is -0.617. The van der Waals surface area contributed by atoms with Crippen molar-refractivity contribution < 1.29 is 14.6 Å². The van der Waals surface area contributed by atoms with Gasteiger partial charge in [0.2, 0.25) is 0 Å². The van der Waals surface area contributed by atoms with Crippen LogP contribution in [0, 0.1) is 17.2 Å². The highest BCUT2D eigenvalue weighted by atomic mass is 35.5. The van der Waals surface area contributed by atoms with E-state index < -0.39 is 6.03 Å². The molecule has 1 aromatic carbocycles. The molecular weight excluding hydrogens is 467 g/mol. The van der Waals surface area contributed by atoms with E-state index in [0.717, 1.165) is 17.9 Å². The fourth-order valence-corrected chi connectivity index (χ4v) is 4.38. The summed E-state index contributed by atoms with van der Waals surface area (Å²) in [6.45, 7) is 3.58. The number of carbonyl (C=O) groups is 1. The van der Waals surface area contributed by atoms with E-state index in [1.54, 1.807) is 0 Å². The van der Waals surface area contributed by atoms with Crippen LogP contribution in [-0.4, -0.2) is 26.8 Å². The Morgan fingerprint density at radius 2 is 1.97 bits per heavy atom. The molecule has 4 rings (SSSR count). The van der Waals surface area contributed by atoms with Gasteiger partial charge < -0.3 is 15.2 Å². The zero-order valence-corrected chi connectivity index (χ0v) is 19.0. The number of hydrazone groups is 1. The number of halogens is 2. The first kappa shape index (κ1) is 22.8. The Balaban J connectivity index is 1.58. The molecule has 170 valence electrons. The molecule has 2 aliphatic rings. The number of nitrogens with one attached hydrogen (secondary N) is 1. The van der Waals surface area contributed by atoms with Crippen LogP contribution in [-0.2, 0) is 6.42 Å². The Morgan fingerprint density at radius 3 is 2.64 bits per heavy atom. The molecule has 1 fully saturated rings. The van der Waals surface area contributed by atoms with Gasteiger partial charge >= 0.3 is 12.0 Å². The van der Waals surface area contributed by atoms with Crippen molar-refractivity contribution in [3.05, 3.63) is 46.3 Å². The van der Waals surface area contributed by atoms with Gasteiger partial charge in [0, 0.05) is 0 Å². The van der Waals surface area contributed by atoms with E-state index in [0.29, 0.717) is 18.0 Å². The summed E-state index contributed by atoms with van der Waals surface area (Å²) in [6, 6.07) is 4.06. The van der Waals surface area contributed by atoms with Gasteiger partial charge in [-0.3, -0.25) is 0 Å². The Kier molecular flexibility index (Phi) is 6.67. The second kappa shape index (κ2) is 9.65. The predicted octanol–water partition coefficient (Wildman–Crippen LogP) is 5.33. The van der Waals surface area contributed by atoms with E-state index in [4.69, 9.17) is 33.2 Å². The molecular formula is C22H20Cl2N6O3. The average Bonchev–Trinajstić information content (AvgIpc) is 2.79. The van der Waals surface area contributed by atoms with E-state index in [2.05, 4.69) is 27.0 Å². The molecule has 2 N–H and O–H groups in total. The lowest BCUT2D eigenvalue weighted by Gasteiger charge is -2.24. The topological polar surface area (TPSA) is 124 Å². The number of hydrogen-bond donors (Lipinski definition) is 2. The third-order valence-electron chi connectivity index (χ3n) is 5.49. The lowest BCUT2D eigenvalue weighted by molar-refractivity contribution is 0.248. The molecule has 11 heteroatoms. The predicted molar refractivity (Wildman–Crippen MR) is 124 cm³/mol. The minimum Gasteiger partial charge on any atom is -0.504 e. The molecule has 1 aliphatic heterocycles. The number of urea groups is 1. The highest BCUT2D eigenvalue weighted by Gasteiger charge is 2.26. The number of carbonyl (C=O) groups excluding carboxylic acids is 1. The third-order valence-corrected chi connectivity index (χ3v) is 6.05. The van der Waals surface area contributed by atoms with Crippen LogP contribution in [0.5, 0.6) is 17.5 Å². The van der Waals surface area contributed by atoms with Gasteiger partial charge in [-0.25, -0.2) is 4.79 Å². The molecule has 1 aromatic heterocycles. The smallest absolute Gasteiger partial charge is 0.347 e. The van der Waals surface area contributed by atoms with Crippen LogP contribution in [0.1, 0.15) is 37.8 Å². The van der Waals surface area contributed by atoms with Crippen molar-refractivity contribution >= 4 is 40.6 Å². The first-order valence-corrected chi connectivity index (χ1v) is 11.1. The van der Waals surface area contributed by atoms with Crippen LogP contribution in [0.3, 0.4) is 0 Å². The van der Waals surface area contributed by atoms with E-state index in [1.165, 1.54) is 37.6 Å². The van der Waals surface area contributed by atoms with Gasteiger partial charge in [0.25, 0.3) is 0 Å². The lowest BCUT2D eigenvalue weighted by atomic mass is 9.86. The minimum absolute atomic E-state index is 0.00744. The molecule has 9 nitrogen and oxygen atoms in total. The van der Waals surface area contributed by atoms with Gasteiger partial charge in [-0.1, -0.05) is 61.9 Å². The fourth-order valence-electron chi connectivity index (χ4n) is 3.83. The van der Waals surface area contributed by atoms with Crippen molar-refractivity contribution in [1.82, 2.24) is 15.3 Å². The largest absolute Gasteiger partial charge is 0.504 e. The van der Waals surface area contributed by atoms with Gasteiger partial charge in [-0.05, 0) is 24.5 Å². The molecule has 1 aliphatic carbocycles. The molecule has 2 amide bonds. The molecule has 2 heterocycles. The number of nitrogens with zero attached hydrogens (tertiary/aromatic N) is 5. The van der Waals surface area contributed by atoms with Crippen LogP contribution in [0.2, 0.25) is 10.0 Å². The molecule has 33 heavy (non-hydrogen) atoms. The molecule has 1 saturated carbocycles. The molecule has 0 bridgehead atoms. The van der Waals surface area contributed by atoms with Crippen molar-refractivity contribution in [3.63, 3.8) is 0 Å². The second-order valence-electron chi connectivity index (χ2n) is 7.81. The highest BCUT2D eigenvalue weighted by molar-refractivity contribution is 6.37. The van der Waals surface area contributed by atoms with Gasteiger partial charge in [0.05, 0.1) is 33.3 Å². The van der Waals surface area contributed by atoms with E-state index in [-0.39, 0.29) is 44.7 Å². The summed E-state index contributed by atoms with van der Waals surface area (Å²) in [4.78, 5) is 20.6. The maximum atomic E-state index is 12.3. The monoisotopic (exact) mass is 486 g/mol. The first-order valence-electron chi connectivity index (χ1n) is 10.4. The number of ether oxygens (including phenoxy) is 1. The standard InChI is InChI=1S/C22H20Cl2N6O3/c1-12-18(10-25)29-30(22(32)27-12)14-8-15(23)20(16(24)9-14)33-21-26-11-19(31)17(28-21)7-13-5-3-2-4-6-13/h8-9,11,13,31H,1-7H2,(H,27,32). The highest BCUT2D eigenvalue weighted by Crippen LogP contribution is 2.40. The molecule has 0 atom stereocenters. The second-order valence-corrected chi connectivity index (χ2v) is 8.63. The van der Waals surface area contributed by atoms with E-state index in [1.807, 2.05) is 6.07 Å². The summed E-state index contributed by atoms with van der Waals surface area (Å²) >= 11 is 12.7. The SMILES string of the molecule is C=C1NC(=O)N(c2cc(Cl)c(Oc3ncc(O)c(CC4CCCCC4)n3)c(Cl)c2)N=C1C#N. The summed E-state index contributed by atoms with van der Waals surface area (Å²) in [7, 11) is 0. The van der Waals surface area contributed by atoms with Gasteiger partial charge in [-0.2, -0.15) is 25.3 Å². The van der Waals surface area contributed by atoms with Crippen LogP contribution < -0.4 is 15.1 Å². The maximum Gasteiger partial charge on any atom is 0.347 e. The number of aromatic nitrogens is 2. The normalized spacial score (nSPS) is 16.8. The maximum absolute atomic E-state index is 12.3. The lowest BCUT2D eigenvalue weighted by Crippen LogP contribution is -2.42. The summed E-state index contributed by atoms with van der Waals surface area (Å²) in [5.74, 6) is 0.566. The Labute approximate surface area is 200 Å². The van der Waals surface area contributed by atoms with Gasteiger partial charge in [-0.15, -0.1) is 0 Å². The number of rotatable bonds is 5. The van der Waals surface area contributed by atoms with Crippen molar-refractivity contribution in [1.29, 1.82) is 5.26 Å². The van der Waals surface area contributed by atoms with Crippen molar-refractivity contribution in [3.8, 4) is 23.6 Å². The average molecular weight is 487 g/mol. The van der Waals surface area contributed by atoms with Crippen LogP contribution in [0.4, 0.5) is 10.5 Å². The van der Waals surface area contributed by atoms with Crippen LogP contribution in [0.25, 0.3) is 0 Å². The van der Waals surface area contributed by atoms with Gasteiger partial charge in [0.1, 0.15) is 6.07 Å². The van der Waals surface area contributed by atoms with Crippen molar-refractivity contribution in [2.75, 3.05) is 5.01 Å². The summed E-state index contributed by atoms with van der Waals surface area (Å²) in [5.41, 5.74) is 0.786. The number of aromatic hydroxyl groups is 1. The molecule has 2 aromatic rings. The van der Waals surface area contributed by atoms with E-state index in [9.17, 15) is 9.90 Å². The number of hydrogen-bond acceptors (Lipinski definition) is 7. The van der Waals surface area contributed by atoms with E-state index >= 15 is 0 Å². The molecule has 0 saturated heterocycles. The molecule has 0 spiro atoms. The number of anilines is 1. The van der Waals surface area contributed by atoms with Crippen LogP contribution in [0.15, 0.2) is 35.7 Å². The number of nitriles is 1. The summed E-state index contributed by atoms with van der Waals surface area (Å²) in [5, 5.41) is 26.9. The van der Waals surface area contributed by atoms with Gasteiger partial charge in [0.15, 0.2) is 17.2 Å². The molecule has 0 unspecified atom stereocenters.